The number of Topliss-reactive ketones (excluding diaryl/α,β-unsaturated/α-hetero) is 1. The molecule has 0 aromatic heterocycles. The van der Waals surface area contributed by atoms with E-state index in [0.717, 1.165) is 5.56 Å². The predicted octanol–water partition coefficient (Wildman–Crippen LogP) is 2.92. The maximum Gasteiger partial charge on any atom is 0.303 e. The lowest BCUT2D eigenvalue weighted by Crippen LogP contribution is -2.60. The first-order chi connectivity index (χ1) is 17.4. The standard InChI is InChI=1S/C30H37NO6/c1-17-10-9-13-22-26(33)19(3)18(2)25-23(16-21-11-7-6-8-12-21)31-28(35)30(22,25)24(37-20(4)32)14-15-29(5,36)27(17)34/h6-9,11-15,17-18,22-26,33,36H,3,10,16H2,1-2,4-5H3,(H,31,35)/b13-9+,15-14+/t17-,18+,22-,23-,24+,25-,26+,29-,30?/m0/s1. The monoisotopic (exact) mass is 507 g/mol. The van der Waals surface area contributed by atoms with Crippen LogP contribution in [0.1, 0.15) is 39.7 Å². The molecule has 2 fully saturated rings. The van der Waals surface area contributed by atoms with Crippen LogP contribution in [0, 0.1) is 29.1 Å². The fourth-order valence-corrected chi connectivity index (χ4v) is 6.68. The summed E-state index contributed by atoms with van der Waals surface area (Å²) in [6, 6.07) is 9.49. The lowest BCUT2D eigenvalue weighted by molar-refractivity contribution is -0.166. The highest BCUT2D eigenvalue weighted by Crippen LogP contribution is 2.58. The molecule has 1 aliphatic heterocycles. The number of hydrogen-bond acceptors (Lipinski definition) is 6. The van der Waals surface area contributed by atoms with Crippen LogP contribution in [0.25, 0.3) is 0 Å². The second-order valence-corrected chi connectivity index (χ2v) is 11.0. The van der Waals surface area contributed by atoms with Crippen molar-refractivity contribution < 1.29 is 29.3 Å². The SMILES string of the molecule is C=C1[C@@H](C)[C@H]2[C@H](Cc3ccccc3)NC(=O)C23[C@H](OC(C)=O)/C=C/[C@](C)(O)C(=O)[C@@H](C)C/C=C/[C@H]3[C@@H]1O. The van der Waals surface area contributed by atoms with Crippen molar-refractivity contribution in [3.8, 4) is 0 Å². The van der Waals surface area contributed by atoms with Gasteiger partial charge in [-0.05, 0) is 49.0 Å². The van der Waals surface area contributed by atoms with Crippen molar-refractivity contribution in [2.75, 3.05) is 0 Å². The average Bonchev–Trinajstić information content (AvgIpc) is 3.13. The van der Waals surface area contributed by atoms with Gasteiger partial charge in [-0.1, -0.05) is 62.9 Å². The smallest absolute Gasteiger partial charge is 0.303 e. The van der Waals surface area contributed by atoms with Gasteiger partial charge in [-0.2, -0.15) is 0 Å². The van der Waals surface area contributed by atoms with Gasteiger partial charge in [-0.25, -0.2) is 0 Å². The summed E-state index contributed by atoms with van der Waals surface area (Å²) in [6.45, 7) is 10.5. The van der Waals surface area contributed by atoms with E-state index in [1.165, 1.54) is 26.0 Å². The number of esters is 1. The third-order valence-electron chi connectivity index (χ3n) is 8.53. The fourth-order valence-electron chi connectivity index (χ4n) is 6.68. The molecule has 3 aliphatic rings. The Morgan fingerprint density at radius 3 is 2.51 bits per heavy atom. The average molecular weight is 508 g/mol. The Bertz CT molecular complexity index is 1140. The van der Waals surface area contributed by atoms with E-state index in [-0.39, 0.29) is 23.7 Å². The third-order valence-corrected chi connectivity index (χ3v) is 8.53. The molecule has 7 heteroatoms. The Morgan fingerprint density at radius 2 is 1.86 bits per heavy atom. The minimum atomic E-state index is -1.82. The number of carbonyl (C=O) groups is 3. The number of rotatable bonds is 3. The van der Waals surface area contributed by atoms with Crippen LogP contribution < -0.4 is 5.32 Å². The first kappa shape index (κ1) is 27.0. The van der Waals surface area contributed by atoms with E-state index in [1.807, 2.05) is 37.3 Å². The van der Waals surface area contributed by atoms with Crippen molar-refractivity contribution in [3.05, 3.63) is 72.4 Å². The Balaban J connectivity index is 1.94. The van der Waals surface area contributed by atoms with Gasteiger partial charge in [-0.15, -0.1) is 0 Å². The number of aliphatic hydroxyl groups excluding tert-OH is 1. The van der Waals surface area contributed by atoms with Gasteiger partial charge < -0.3 is 20.3 Å². The molecule has 1 saturated carbocycles. The van der Waals surface area contributed by atoms with Gasteiger partial charge in [-0.3, -0.25) is 14.4 Å². The normalized spacial score (nSPS) is 41.6. The van der Waals surface area contributed by atoms with E-state index in [1.54, 1.807) is 19.1 Å². The molecule has 1 amide bonds. The molecule has 1 aromatic carbocycles. The van der Waals surface area contributed by atoms with E-state index in [4.69, 9.17) is 4.74 Å². The van der Waals surface area contributed by atoms with Crippen molar-refractivity contribution in [1.82, 2.24) is 5.32 Å². The molecule has 0 radical (unpaired) electrons. The number of hydrogen-bond donors (Lipinski definition) is 3. The van der Waals surface area contributed by atoms with Crippen molar-refractivity contribution in [3.63, 3.8) is 0 Å². The summed E-state index contributed by atoms with van der Waals surface area (Å²) >= 11 is 0. The number of benzene rings is 1. The molecule has 1 saturated heterocycles. The number of nitrogens with one attached hydrogen (secondary N) is 1. The lowest BCUT2D eigenvalue weighted by Gasteiger charge is -2.52. The van der Waals surface area contributed by atoms with Crippen LogP contribution in [0.4, 0.5) is 0 Å². The molecule has 198 valence electrons. The molecule has 0 bridgehead atoms. The van der Waals surface area contributed by atoms with E-state index in [0.29, 0.717) is 18.4 Å². The Hall–Kier alpha value is -3.03. The molecular weight excluding hydrogens is 470 g/mol. The van der Waals surface area contributed by atoms with Crippen LogP contribution >= 0.6 is 0 Å². The number of ketones is 1. The van der Waals surface area contributed by atoms with Gasteiger partial charge in [0.1, 0.15) is 17.1 Å². The number of carbonyl (C=O) groups excluding carboxylic acids is 3. The molecule has 7 nitrogen and oxygen atoms in total. The van der Waals surface area contributed by atoms with Gasteiger partial charge in [0, 0.05) is 30.7 Å². The fraction of sp³-hybridized carbons (Fsp3) is 0.500. The minimum Gasteiger partial charge on any atom is -0.457 e. The summed E-state index contributed by atoms with van der Waals surface area (Å²) in [7, 11) is 0. The van der Waals surface area contributed by atoms with E-state index < -0.39 is 46.9 Å². The summed E-state index contributed by atoms with van der Waals surface area (Å²) < 4.78 is 5.81. The quantitative estimate of drug-likeness (QED) is 0.428. The highest BCUT2D eigenvalue weighted by molar-refractivity contribution is 5.91. The van der Waals surface area contributed by atoms with Crippen LogP contribution in [0.3, 0.4) is 0 Å². The highest BCUT2D eigenvalue weighted by atomic mass is 16.5. The van der Waals surface area contributed by atoms with Gasteiger partial charge in [0.2, 0.25) is 5.91 Å². The van der Waals surface area contributed by atoms with Crippen LogP contribution in [0.15, 0.2) is 66.8 Å². The van der Waals surface area contributed by atoms with Crippen LogP contribution in [-0.2, 0) is 25.5 Å². The Morgan fingerprint density at radius 1 is 1.19 bits per heavy atom. The summed E-state index contributed by atoms with van der Waals surface area (Å²) in [6.07, 6.45) is 5.01. The molecule has 4 rings (SSSR count). The number of allylic oxidation sites excluding steroid dienone is 1. The summed E-state index contributed by atoms with van der Waals surface area (Å²) in [5, 5.41) is 25.7. The Kier molecular flexibility index (Phi) is 7.32. The number of ether oxygens (including phenoxy) is 1. The molecule has 1 aromatic rings. The van der Waals surface area contributed by atoms with Gasteiger partial charge in [0.25, 0.3) is 0 Å². The molecule has 1 unspecified atom stereocenters. The first-order valence-corrected chi connectivity index (χ1v) is 12.9. The topological polar surface area (TPSA) is 113 Å². The van der Waals surface area contributed by atoms with E-state index >= 15 is 0 Å². The second-order valence-electron chi connectivity index (χ2n) is 11.0. The molecule has 3 N–H and O–H groups in total. The lowest BCUT2D eigenvalue weighted by atomic mass is 9.51. The van der Waals surface area contributed by atoms with Gasteiger partial charge >= 0.3 is 5.97 Å². The highest BCUT2D eigenvalue weighted by Gasteiger charge is 2.68. The van der Waals surface area contributed by atoms with E-state index in [9.17, 15) is 24.6 Å². The predicted molar refractivity (Wildman–Crippen MR) is 139 cm³/mol. The van der Waals surface area contributed by atoms with Crippen LogP contribution in [0.2, 0.25) is 0 Å². The molecule has 37 heavy (non-hydrogen) atoms. The van der Waals surface area contributed by atoms with Gasteiger partial charge in [0.15, 0.2) is 5.78 Å². The molecule has 2 aliphatic carbocycles. The van der Waals surface area contributed by atoms with Gasteiger partial charge in [0.05, 0.1) is 6.10 Å². The van der Waals surface area contributed by atoms with Crippen molar-refractivity contribution in [1.29, 1.82) is 0 Å². The third kappa shape index (κ3) is 4.59. The summed E-state index contributed by atoms with van der Waals surface area (Å²) in [5.74, 6) is -3.26. The molecule has 9 atom stereocenters. The maximum absolute atomic E-state index is 14.2. The van der Waals surface area contributed by atoms with Crippen molar-refractivity contribution in [2.45, 2.75) is 64.4 Å². The second kappa shape index (κ2) is 10.0. The van der Waals surface area contributed by atoms with Crippen LogP contribution in [0.5, 0.6) is 0 Å². The van der Waals surface area contributed by atoms with Crippen LogP contribution in [-0.4, -0.2) is 51.7 Å². The van der Waals surface area contributed by atoms with Crippen molar-refractivity contribution >= 4 is 17.7 Å². The summed E-state index contributed by atoms with van der Waals surface area (Å²) in [5.41, 5.74) is -1.55. The zero-order chi connectivity index (χ0) is 27.1. The Labute approximate surface area is 218 Å². The zero-order valence-corrected chi connectivity index (χ0v) is 21.9. The molecular formula is C30H37NO6. The molecule has 1 heterocycles. The molecule has 1 spiro atoms. The van der Waals surface area contributed by atoms with Crippen molar-refractivity contribution in [2.24, 2.45) is 29.1 Å². The first-order valence-electron chi connectivity index (χ1n) is 12.9. The number of amides is 1. The zero-order valence-electron chi connectivity index (χ0n) is 21.9. The largest absolute Gasteiger partial charge is 0.457 e. The maximum atomic E-state index is 14.2. The minimum absolute atomic E-state index is 0.287. The van der Waals surface area contributed by atoms with E-state index in [2.05, 4.69) is 11.9 Å². The number of aliphatic hydroxyl groups is 2. The summed E-state index contributed by atoms with van der Waals surface area (Å²) in [4.78, 5) is 39.5.